The van der Waals surface area contributed by atoms with Gasteiger partial charge in [0.25, 0.3) is 0 Å². The van der Waals surface area contributed by atoms with Crippen LogP contribution < -0.4 is 5.32 Å². The van der Waals surface area contributed by atoms with Crippen LogP contribution in [0.4, 0.5) is 5.69 Å². The molecule has 1 aliphatic rings. The van der Waals surface area contributed by atoms with Crippen LogP contribution in [0.1, 0.15) is 51.2 Å². The minimum Gasteiger partial charge on any atom is -0.466 e. The molecular weight excluding hydrogens is 266 g/mol. The Bertz CT molecular complexity index is 473. The van der Waals surface area contributed by atoms with Gasteiger partial charge in [0.2, 0.25) is 0 Å². The van der Waals surface area contributed by atoms with Gasteiger partial charge in [-0.2, -0.15) is 0 Å². The Labute approximate surface area is 126 Å². The number of carbonyl (C=O) groups is 1. The van der Waals surface area contributed by atoms with E-state index in [0.29, 0.717) is 6.61 Å². The normalized spacial score (nSPS) is 23.4. The monoisotopic (exact) mass is 291 g/mol. The second kappa shape index (κ2) is 7.46. The third-order valence-corrected chi connectivity index (χ3v) is 4.06. The summed E-state index contributed by atoms with van der Waals surface area (Å²) in [6.07, 6.45) is 3.28. The van der Waals surface area contributed by atoms with Crippen LogP contribution >= 0.6 is 0 Å². The Morgan fingerprint density at radius 2 is 2.19 bits per heavy atom. The molecule has 3 atom stereocenters. The van der Waals surface area contributed by atoms with E-state index in [1.807, 2.05) is 31.2 Å². The largest absolute Gasteiger partial charge is 0.466 e. The van der Waals surface area contributed by atoms with Crippen LogP contribution in [-0.4, -0.2) is 23.7 Å². The molecule has 1 aliphatic carbocycles. The molecule has 2 rings (SSSR count). The summed E-state index contributed by atoms with van der Waals surface area (Å²) in [7, 11) is 0. The van der Waals surface area contributed by atoms with Crippen LogP contribution in [0.5, 0.6) is 0 Å². The zero-order chi connectivity index (χ0) is 15.2. The van der Waals surface area contributed by atoms with Gasteiger partial charge in [-0.05, 0) is 39.2 Å². The highest BCUT2D eigenvalue weighted by atomic mass is 16.5. The van der Waals surface area contributed by atoms with Crippen LogP contribution in [0.15, 0.2) is 24.3 Å². The van der Waals surface area contributed by atoms with Crippen LogP contribution in [-0.2, 0) is 9.53 Å². The number of carbonyl (C=O) groups excluding carboxylic acids is 1. The lowest BCUT2D eigenvalue weighted by Crippen LogP contribution is -2.32. The molecule has 4 nitrogen and oxygen atoms in total. The molecule has 0 amide bonds. The minimum absolute atomic E-state index is 0.00471. The van der Waals surface area contributed by atoms with E-state index in [4.69, 9.17) is 4.74 Å². The molecule has 1 fully saturated rings. The topological polar surface area (TPSA) is 58.6 Å². The molecule has 1 saturated carbocycles. The van der Waals surface area contributed by atoms with Gasteiger partial charge in [0.15, 0.2) is 0 Å². The number of benzene rings is 1. The van der Waals surface area contributed by atoms with Gasteiger partial charge in [0, 0.05) is 17.3 Å². The van der Waals surface area contributed by atoms with Crippen LogP contribution in [0.25, 0.3) is 0 Å². The van der Waals surface area contributed by atoms with Crippen molar-refractivity contribution < 1.29 is 14.6 Å². The third-order valence-electron chi connectivity index (χ3n) is 4.06. The summed E-state index contributed by atoms with van der Waals surface area (Å²) in [6, 6.07) is 8.05. The highest BCUT2D eigenvalue weighted by Gasteiger charge is 2.28. The average Bonchev–Trinajstić information content (AvgIpc) is 2.48. The van der Waals surface area contributed by atoms with Gasteiger partial charge in [-0.3, -0.25) is 4.79 Å². The standard InChI is InChI=1S/C17H25NO3/c1-3-21-17(20)13-7-6-8-14(11-13)18-16-10-5-4-9-15(16)12(2)19/h4-5,9-10,12-14,18-19H,3,6-8,11H2,1-2H3. The van der Waals surface area contributed by atoms with Crippen molar-refractivity contribution in [2.24, 2.45) is 5.92 Å². The number of nitrogens with one attached hydrogen (secondary N) is 1. The Balaban J connectivity index is 2.01. The van der Waals surface area contributed by atoms with Gasteiger partial charge in [-0.1, -0.05) is 24.6 Å². The van der Waals surface area contributed by atoms with E-state index in [2.05, 4.69) is 5.32 Å². The summed E-state index contributed by atoms with van der Waals surface area (Å²) >= 11 is 0. The van der Waals surface area contributed by atoms with Crippen molar-refractivity contribution in [2.75, 3.05) is 11.9 Å². The zero-order valence-electron chi connectivity index (χ0n) is 12.8. The fourth-order valence-electron chi connectivity index (χ4n) is 3.01. The van der Waals surface area contributed by atoms with Crippen molar-refractivity contribution in [2.45, 2.75) is 51.7 Å². The van der Waals surface area contributed by atoms with Gasteiger partial charge in [0.05, 0.1) is 18.6 Å². The van der Waals surface area contributed by atoms with E-state index in [-0.39, 0.29) is 17.9 Å². The molecule has 0 aromatic heterocycles. The molecule has 21 heavy (non-hydrogen) atoms. The fraction of sp³-hybridized carbons (Fsp3) is 0.588. The molecule has 2 N–H and O–H groups in total. The van der Waals surface area contributed by atoms with E-state index in [0.717, 1.165) is 36.9 Å². The summed E-state index contributed by atoms with van der Waals surface area (Å²) < 4.78 is 5.14. The first kappa shape index (κ1) is 15.8. The molecule has 1 aromatic rings. The van der Waals surface area contributed by atoms with E-state index in [1.165, 1.54) is 0 Å². The van der Waals surface area contributed by atoms with E-state index >= 15 is 0 Å². The molecule has 4 heteroatoms. The Kier molecular flexibility index (Phi) is 5.62. The number of rotatable bonds is 5. The first-order valence-corrected chi connectivity index (χ1v) is 7.82. The van der Waals surface area contributed by atoms with Crippen molar-refractivity contribution in [3.05, 3.63) is 29.8 Å². The van der Waals surface area contributed by atoms with Crippen LogP contribution in [0.3, 0.4) is 0 Å². The number of anilines is 1. The lowest BCUT2D eigenvalue weighted by atomic mass is 9.85. The van der Waals surface area contributed by atoms with Crippen LogP contribution in [0.2, 0.25) is 0 Å². The fourth-order valence-corrected chi connectivity index (χ4v) is 3.01. The maximum atomic E-state index is 11.9. The summed E-state index contributed by atoms with van der Waals surface area (Å²) in [5.74, 6) is -0.0808. The molecule has 116 valence electrons. The molecular formula is C17H25NO3. The van der Waals surface area contributed by atoms with Crippen molar-refractivity contribution >= 4 is 11.7 Å². The predicted octanol–water partition coefficient (Wildman–Crippen LogP) is 3.27. The Morgan fingerprint density at radius 1 is 1.43 bits per heavy atom. The summed E-state index contributed by atoms with van der Waals surface area (Å²) in [4.78, 5) is 11.9. The molecule has 0 spiro atoms. The Hall–Kier alpha value is -1.55. The third kappa shape index (κ3) is 4.21. The predicted molar refractivity (Wildman–Crippen MR) is 83.1 cm³/mol. The molecule has 0 aliphatic heterocycles. The van der Waals surface area contributed by atoms with Gasteiger partial charge in [-0.25, -0.2) is 0 Å². The summed E-state index contributed by atoms with van der Waals surface area (Å²) in [6.45, 7) is 4.05. The number of aliphatic hydroxyl groups excluding tert-OH is 1. The maximum absolute atomic E-state index is 11.9. The molecule has 0 saturated heterocycles. The second-order valence-electron chi connectivity index (χ2n) is 5.72. The zero-order valence-corrected chi connectivity index (χ0v) is 12.8. The highest BCUT2D eigenvalue weighted by Crippen LogP contribution is 2.30. The van der Waals surface area contributed by atoms with Crippen molar-refractivity contribution in [1.29, 1.82) is 0 Å². The van der Waals surface area contributed by atoms with Crippen molar-refractivity contribution in [3.63, 3.8) is 0 Å². The SMILES string of the molecule is CCOC(=O)C1CCCC(Nc2ccccc2C(C)O)C1. The van der Waals surface area contributed by atoms with Crippen molar-refractivity contribution in [3.8, 4) is 0 Å². The number of aliphatic hydroxyl groups is 1. The highest BCUT2D eigenvalue weighted by molar-refractivity contribution is 5.72. The number of ether oxygens (including phenoxy) is 1. The number of esters is 1. The first-order chi connectivity index (χ1) is 10.1. The summed E-state index contributed by atoms with van der Waals surface area (Å²) in [5, 5.41) is 13.3. The quantitative estimate of drug-likeness (QED) is 0.817. The number of hydrogen-bond acceptors (Lipinski definition) is 4. The van der Waals surface area contributed by atoms with E-state index in [9.17, 15) is 9.90 Å². The van der Waals surface area contributed by atoms with E-state index in [1.54, 1.807) is 6.92 Å². The smallest absolute Gasteiger partial charge is 0.308 e. The maximum Gasteiger partial charge on any atom is 0.308 e. The summed E-state index contributed by atoms with van der Waals surface area (Å²) in [5.41, 5.74) is 1.86. The molecule has 0 heterocycles. The average molecular weight is 291 g/mol. The molecule has 1 aromatic carbocycles. The van der Waals surface area contributed by atoms with Crippen LogP contribution in [0, 0.1) is 5.92 Å². The number of para-hydroxylation sites is 1. The first-order valence-electron chi connectivity index (χ1n) is 7.82. The van der Waals surface area contributed by atoms with Gasteiger partial charge in [0.1, 0.15) is 0 Å². The lowest BCUT2D eigenvalue weighted by molar-refractivity contribution is -0.149. The van der Waals surface area contributed by atoms with Crippen molar-refractivity contribution in [1.82, 2.24) is 0 Å². The lowest BCUT2D eigenvalue weighted by Gasteiger charge is -2.30. The molecule has 0 radical (unpaired) electrons. The van der Waals surface area contributed by atoms with Gasteiger partial charge in [-0.15, -0.1) is 0 Å². The van der Waals surface area contributed by atoms with Gasteiger partial charge >= 0.3 is 5.97 Å². The van der Waals surface area contributed by atoms with E-state index < -0.39 is 6.10 Å². The second-order valence-corrected chi connectivity index (χ2v) is 5.72. The van der Waals surface area contributed by atoms with Gasteiger partial charge < -0.3 is 15.2 Å². The molecule has 3 unspecified atom stereocenters. The Morgan fingerprint density at radius 3 is 2.90 bits per heavy atom. The minimum atomic E-state index is -0.502. The molecule has 0 bridgehead atoms. The number of hydrogen-bond donors (Lipinski definition) is 2.